The van der Waals surface area contributed by atoms with Gasteiger partial charge in [-0.25, -0.2) is 4.79 Å². The Bertz CT molecular complexity index is 1730. The predicted molar refractivity (Wildman–Crippen MR) is 162 cm³/mol. The van der Waals surface area contributed by atoms with E-state index in [1.807, 2.05) is 78.9 Å². The Morgan fingerprint density at radius 2 is 1.62 bits per heavy atom. The van der Waals surface area contributed by atoms with Crippen LogP contribution in [-0.4, -0.2) is 41.3 Å². The molecule has 1 fully saturated rings. The second-order valence-corrected chi connectivity index (χ2v) is 15.6. The smallest absolute Gasteiger partial charge is 0.330 e. The van der Waals surface area contributed by atoms with Gasteiger partial charge < -0.3 is 18.7 Å². The molecule has 1 unspecified atom stereocenters. The van der Waals surface area contributed by atoms with E-state index >= 15 is 0 Å². The molecular weight excluding hydrogens is 575 g/mol. The van der Waals surface area contributed by atoms with Crippen molar-refractivity contribution in [3.05, 3.63) is 128 Å². The Morgan fingerprint density at radius 1 is 1.00 bits per heavy atom. The van der Waals surface area contributed by atoms with Gasteiger partial charge in [0.05, 0.1) is 12.7 Å². The fourth-order valence-corrected chi connectivity index (χ4v) is 7.00. The minimum atomic E-state index is -3.03. The molecule has 4 aromatic rings. The quantitative estimate of drug-likeness (QED) is 0.250. The second-order valence-electron chi connectivity index (χ2n) is 10.4. The maximum absolute atomic E-state index is 13.1. The minimum absolute atomic E-state index is 0.0458. The summed E-state index contributed by atoms with van der Waals surface area (Å²) >= 11 is 1.15. The molecule has 6 rings (SSSR count). The molecule has 0 amide bonds. The first kappa shape index (κ1) is 28.7. The lowest BCUT2D eigenvalue weighted by atomic mass is 9.77. The van der Waals surface area contributed by atoms with Crippen LogP contribution in [0.2, 0.25) is 0 Å². The number of hydrogen-bond donors (Lipinski definition) is 1. The number of benzene rings is 3. The van der Waals surface area contributed by atoms with Crippen molar-refractivity contribution in [2.75, 3.05) is 19.5 Å². The highest BCUT2D eigenvalue weighted by atomic mass is 32.7. The number of nitrogens with one attached hydrogen (secondary N) is 1. The van der Waals surface area contributed by atoms with Gasteiger partial charge in [-0.3, -0.25) is 18.9 Å². The molecule has 4 atom stereocenters. The van der Waals surface area contributed by atoms with Crippen LogP contribution in [0, 0.1) is 6.92 Å². The molecule has 1 N–H and O–H groups in total. The van der Waals surface area contributed by atoms with E-state index in [4.69, 9.17) is 18.7 Å². The molecule has 1 saturated heterocycles. The van der Waals surface area contributed by atoms with Crippen LogP contribution in [0.25, 0.3) is 0 Å². The average Bonchev–Trinajstić information content (AvgIpc) is 3.39. The Hall–Kier alpha value is -3.40. The van der Waals surface area contributed by atoms with Crippen LogP contribution in [0.4, 0.5) is 0 Å². The number of rotatable bonds is 8. The lowest BCUT2D eigenvalue weighted by Crippen LogP contribution is -2.40. The number of H-pyrrole nitrogens is 1. The number of fused-ring (bicyclic) bond motifs is 2. The number of aromatic amines is 1. The average molecular weight is 607 g/mol. The van der Waals surface area contributed by atoms with Crippen LogP contribution in [0.3, 0.4) is 0 Å². The minimum Gasteiger partial charge on any atom is -0.457 e. The summed E-state index contributed by atoms with van der Waals surface area (Å²) in [5.74, 6) is 1.35. The fourth-order valence-electron chi connectivity index (χ4n) is 5.61. The summed E-state index contributed by atoms with van der Waals surface area (Å²) in [6.07, 6.45) is 1.37. The molecular formula is C31H31N2O7PS. The highest BCUT2D eigenvalue weighted by Gasteiger charge is 2.48. The first-order valence-corrected chi connectivity index (χ1v) is 17.5. The van der Waals surface area contributed by atoms with Gasteiger partial charge in [-0.2, -0.15) is 0 Å². The van der Waals surface area contributed by atoms with Gasteiger partial charge in [0.25, 0.3) is 12.1 Å². The number of aryl methyl sites for hydroxylation is 1. The molecule has 0 spiro atoms. The largest absolute Gasteiger partial charge is 0.457 e. The summed E-state index contributed by atoms with van der Waals surface area (Å²) in [6.45, 7) is 0.203. The van der Waals surface area contributed by atoms with E-state index in [2.05, 4.69) is 4.98 Å². The summed E-state index contributed by atoms with van der Waals surface area (Å²) in [7, 11) is 0. The van der Waals surface area contributed by atoms with Crippen molar-refractivity contribution in [1.29, 1.82) is 0 Å². The van der Waals surface area contributed by atoms with Gasteiger partial charge in [0.15, 0.2) is 5.60 Å². The van der Waals surface area contributed by atoms with Crippen LogP contribution in [0.15, 0.2) is 94.6 Å². The van der Waals surface area contributed by atoms with E-state index in [0.29, 0.717) is 17.1 Å². The van der Waals surface area contributed by atoms with E-state index in [1.54, 1.807) is 19.8 Å². The number of hydrogen-bond acceptors (Lipinski definition) is 8. The third-order valence-electron chi connectivity index (χ3n) is 7.69. The van der Waals surface area contributed by atoms with E-state index in [0.717, 1.165) is 28.1 Å². The molecule has 11 heteroatoms. The van der Waals surface area contributed by atoms with Gasteiger partial charge in [0, 0.05) is 36.0 Å². The van der Waals surface area contributed by atoms with E-state index in [9.17, 15) is 14.2 Å². The lowest BCUT2D eigenvalue weighted by Gasteiger charge is -2.41. The van der Waals surface area contributed by atoms with Crippen molar-refractivity contribution in [3.8, 4) is 11.5 Å². The molecule has 1 aromatic heterocycles. The lowest BCUT2D eigenvalue weighted by molar-refractivity contribution is -0.0929. The summed E-state index contributed by atoms with van der Waals surface area (Å²) < 4.78 is 40.3. The zero-order valence-corrected chi connectivity index (χ0v) is 25.1. The van der Waals surface area contributed by atoms with E-state index in [-0.39, 0.29) is 13.0 Å². The van der Waals surface area contributed by atoms with Crippen molar-refractivity contribution in [2.45, 2.75) is 37.4 Å². The summed E-state index contributed by atoms with van der Waals surface area (Å²) in [6, 6.07) is 25.4. The number of ether oxygens (including phenoxy) is 3. The molecule has 0 aliphatic carbocycles. The van der Waals surface area contributed by atoms with Gasteiger partial charge in [-0.1, -0.05) is 78.1 Å². The SMILES string of the molecule is CSP(C)(=O)O[C@H]1C[C@H](n2cc(C)c(=O)[nH]c2=O)O[C@@H]1COC1(c2ccccc2)c2ccccc2Oc2ccccc21. The Balaban J connectivity index is 1.42. The van der Waals surface area contributed by atoms with Gasteiger partial charge in [-0.05, 0) is 30.9 Å². The van der Waals surface area contributed by atoms with Crippen LogP contribution >= 0.6 is 18.0 Å². The number of nitrogens with zero attached hydrogens (tertiary/aromatic N) is 1. The summed E-state index contributed by atoms with van der Waals surface area (Å²) in [5, 5.41) is 0. The van der Waals surface area contributed by atoms with Gasteiger partial charge in [0.2, 0.25) is 0 Å². The van der Waals surface area contributed by atoms with Crippen molar-refractivity contribution in [2.24, 2.45) is 0 Å². The first-order valence-electron chi connectivity index (χ1n) is 13.6. The van der Waals surface area contributed by atoms with Crippen LogP contribution < -0.4 is 16.0 Å². The maximum Gasteiger partial charge on any atom is 0.330 e. The van der Waals surface area contributed by atoms with Crippen molar-refractivity contribution >= 4 is 18.0 Å². The summed E-state index contributed by atoms with van der Waals surface area (Å²) in [5.41, 5.74) is 0.841. The Labute approximate surface area is 247 Å². The van der Waals surface area contributed by atoms with Crippen LogP contribution in [0.1, 0.15) is 34.9 Å². The standard InChI is InChI=1S/C31H31N2O7PS/c1-20-18-33(30(35)32-29(20)34)28-17-26(40-41(2,36)42-3)27(39-28)19-37-31(21-11-5-4-6-12-21)22-13-7-9-15-24(22)38-25-16-10-8-14-23(25)31/h4-16,18,26-28H,17,19H2,1-3H3,(H,32,34,35)/t26-,27+,28+,41?/m0/s1. The molecule has 0 radical (unpaired) electrons. The molecule has 42 heavy (non-hydrogen) atoms. The zero-order chi connectivity index (χ0) is 29.5. The normalized spacial score (nSPS) is 22.0. The third kappa shape index (κ3) is 5.18. The summed E-state index contributed by atoms with van der Waals surface area (Å²) in [4.78, 5) is 27.1. The monoisotopic (exact) mass is 606 g/mol. The molecule has 218 valence electrons. The molecule has 0 saturated carbocycles. The topological polar surface area (TPSA) is 109 Å². The molecule has 3 heterocycles. The molecule has 0 bridgehead atoms. The highest BCUT2D eigenvalue weighted by Crippen LogP contribution is 2.58. The van der Waals surface area contributed by atoms with Crippen molar-refractivity contribution < 1.29 is 23.3 Å². The zero-order valence-electron chi connectivity index (χ0n) is 23.4. The highest BCUT2D eigenvalue weighted by molar-refractivity contribution is 8.56. The Kier molecular flexibility index (Phi) is 7.76. The van der Waals surface area contributed by atoms with Crippen molar-refractivity contribution in [1.82, 2.24) is 9.55 Å². The third-order valence-corrected chi connectivity index (χ3v) is 11.3. The first-order chi connectivity index (χ1) is 20.2. The number of para-hydroxylation sites is 2. The van der Waals surface area contributed by atoms with Gasteiger partial charge in [-0.15, -0.1) is 0 Å². The second kappa shape index (κ2) is 11.4. The van der Waals surface area contributed by atoms with E-state index in [1.165, 1.54) is 10.8 Å². The molecule has 9 nitrogen and oxygen atoms in total. The molecule has 2 aliphatic rings. The van der Waals surface area contributed by atoms with Crippen LogP contribution in [-0.2, 0) is 24.2 Å². The Morgan fingerprint density at radius 3 is 2.26 bits per heavy atom. The predicted octanol–water partition coefficient (Wildman–Crippen LogP) is 5.82. The van der Waals surface area contributed by atoms with E-state index < -0.39 is 41.9 Å². The fraction of sp³-hybridized carbons (Fsp3) is 0.290. The van der Waals surface area contributed by atoms with Gasteiger partial charge >= 0.3 is 5.69 Å². The molecule has 3 aromatic carbocycles. The molecule has 2 aliphatic heterocycles. The maximum atomic E-state index is 13.1. The van der Waals surface area contributed by atoms with Crippen molar-refractivity contribution in [3.63, 3.8) is 0 Å². The van der Waals surface area contributed by atoms with Crippen LogP contribution in [0.5, 0.6) is 11.5 Å². The number of aromatic nitrogens is 2. The van der Waals surface area contributed by atoms with Gasteiger partial charge in [0.1, 0.15) is 23.8 Å².